The van der Waals surface area contributed by atoms with Crippen molar-refractivity contribution in [3.8, 4) is 0 Å². The first kappa shape index (κ1) is 13.2. The van der Waals surface area contributed by atoms with Gasteiger partial charge < -0.3 is 9.64 Å². The second kappa shape index (κ2) is 5.48. The Morgan fingerprint density at radius 3 is 2.47 bits per heavy atom. The van der Waals surface area contributed by atoms with Gasteiger partial charge >= 0.3 is 5.97 Å². The van der Waals surface area contributed by atoms with Crippen LogP contribution in [-0.4, -0.2) is 32.5 Å². The molecule has 1 aromatic rings. The molecule has 0 fully saturated rings. The minimum Gasteiger partial charge on any atom is -0.460 e. The standard InChI is InChI=1S/C13H17NO3/c1-5-17-13(16)12(15)10-7-6-9(2)11(8-10)14(3)4/h6-8H,5H2,1-4H3. The molecule has 92 valence electrons. The summed E-state index contributed by atoms with van der Waals surface area (Å²) in [6, 6.07) is 5.16. The summed E-state index contributed by atoms with van der Waals surface area (Å²) in [4.78, 5) is 25.0. The summed E-state index contributed by atoms with van der Waals surface area (Å²) in [5, 5.41) is 0. The van der Waals surface area contributed by atoms with E-state index >= 15 is 0 Å². The lowest BCUT2D eigenvalue weighted by atomic mass is 10.1. The number of ketones is 1. The highest BCUT2D eigenvalue weighted by atomic mass is 16.5. The van der Waals surface area contributed by atoms with Gasteiger partial charge in [0.05, 0.1) is 6.61 Å². The summed E-state index contributed by atoms with van der Waals surface area (Å²) in [6.45, 7) is 3.83. The topological polar surface area (TPSA) is 46.6 Å². The number of rotatable bonds is 4. The molecule has 0 aliphatic carbocycles. The molecule has 0 aromatic heterocycles. The maximum absolute atomic E-state index is 11.7. The Kier molecular flexibility index (Phi) is 4.26. The van der Waals surface area contributed by atoms with Crippen LogP contribution in [0.3, 0.4) is 0 Å². The van der Waals surface area contributed by atoms with Gasteiger partial charge in [0.25, 0.3) is 5.78 Å². The number of ether oxygens (including phenoxy) is 1. The zero-order valence-corrected chi connectivity index (χ0v) is 10.6. The number of carbonyl (C=O) groups excluding carboxylic acids is 2. The molecule has 0 N–H and O–H groups in total. The van der Waals surface area contributed by atoms with Crippen molar-refractivity contribution in [2.75, 3.05) is 25.6 Å². The summed E-state index contributed by atoms with van der Waals surface area (Å²) in [6.07, 6.45) is 0. The van der Waals surface area contributed by atoms with E-state index in [4.69, 9.17) is 0 Å². The monoisotopic (exact) mass is 235 g/mol. The zero-order chi connectivity index (χ0) is 13.0. The van der Waals surface area contributed by atoms with Crippen LogP contribution < -0.4 is 4.90 Å². The molecule has 0 bridgehead atoms. The van der Waals surface area contributed by atoms with E-state index in [0.717, 1.165) is 11.3 Å². The average Bonchev–Trinajstić information content (AvgIpc) is 2.28. The van der Waals surface area contributed by atoms with Crippen molar-refractivity contribution in [1.82, 2.24) is 0 Å². The number of aryl methyl sites for hydroxylation is 1. The quantitative estimate of drug-likeness (QED) is 0.453. The number of carbonyl (C=O) groups is 2. The van der Waals surface area contributed by atoms with E-state index in [1.54, 1.807) is 19.1 Å². The van der Waals surface area contributed by atoms with E-state index < -0.39 is 11.8 Å². The van der Waals surface area contributed by atoms with Crippen molar-refractivity contribution in [1.29, 1.82) is 0 Å². The molecule has 0 heterocycles. The first-order valence-electron chi connectivity index (χ1n) is 5.46. The van der Waals surface area contributed by atoms with Gasteiger partial charge in [-0.15, -0.1) is 0 Å². The molecule has 1 rings (SSSR count). The molecule has 0 saturated heterocycles. The minimum atomic E-state index is -0.805. The number of nitrogens with zero attached hydrogens (tertiary/aromatic N) is 1. The molecule has 0 radical (unpaired) electrons. The van der Waals surface area contributed by atoms with Crippen LogP contribution in [0.5, 0.6) is 0 Å². The number of hydrogen-bond acceptors (Lipinski definition) is 4. The summed E-state index contributed by atoms with van der Waals surface area (Å²) >= 11 is 0. The van der Waals surface area contributed by atoms with E-state index in [2.05, 4.69) is 4.74 Å². The van der Waals surface area contributed by atoms with Crippen molar-refractivity contribution >= 4 is 17.4 Å². The predicted octanol–water partition coefficient (Wildman–Crippen LogP) is 1.81. The zero-order valence-electron chi connectivity index (χ0n) is 10.6. The van der Waals surface area contributed by atoms with Crippen LogP contribution in [0.4, 0.5) is 5.69 Å². The molecule has 0 unspecified atom stereocenters. The second-order valence-electron chi connectivity index (χ2n) is 3.95. The second-order valence-corrected chi connectivity index (χ2v) is 3.95. The fourth-order valence-corrected chi connectivity index (χ4v) is 1.55. The van der Waals surface area contributed by atoms with Gasteiger partial charge in [-0.05, 0) is 25.5 Å². The molecule has 17 heavy (non-hydrogen) atoms. The van der Waals surface area contributed by atoms with Crippen LogP contribution in [0.2, 0.25) is 0 Å². The molecule has 0 saturated carbocycles. The van der Waals surface area contributed by atoms with Crippen LogP contribution >= 0.6 is 0 Å². The third kappa shape index (κ3) is 3.06. The number of anilines is 1. The molecule has 4 nitrogen and oxygen atoms in total. The first-order chi connectivity index (χ1) is 7.97. The molecular weight excluding hydrogens is 218 g/mol. The first-order valence-corrected chi connectivity index (χ1v) is 5.46. The number of hydrogen-bond donors (Lipinski definition) is 0. The van der Waals surface area contributed by atoms with E-state index in [1.807, 2.05) is 32.0 Å². The Balaban J connectivity index is 3.03. The van der Waals surface area contributed by atoms with Crippen LogP contribution in [0.1, 0.15) is 22.8 Å². The van der Waals surface area contributed by atoms with Crippen LogP contribution in [0.15, 0.2) is 18.2 Å². The smallest absolute Gasteiger partial charge is 0.379 e. The van der Waals surface area contributed by atoms with Gasteiger partial charge in [-0.25, -0.2) is 4.79 Å². The van der Waals surface area contributed by atoms with Crippen LogP contribution in [0, 0.1) is 6.92 Å². The highest BCUT2D eigenvalue weighted by Gasteiger charge is 2.18. The highest BCUT2D eigenvalue weighted by Crippen LogP contribution is 2.19. The maximum atomic E-state index is 11.7. The lowest BCUT2D eigenvalue weighted by molar-refractivity contribution is -0.137. The normalized spacial score (nSPS) is 9.88. The SMILES string of the molecule is CCOC(=O)C(=O)c1ccc(C)c(N(C)C)c1. The maximum Gasteiger partial charge on any atom is 0.379 e. The van der Waals surface area contributed by atoms with E-state index in [-0.39, 0.29) is 6.61 Å². The van der Waals surface area contributed by atoms with Gasteiger partial charge in [-0.2, -0.15) is 0 Å². The van der Waals surface area contributed by atoms with Gasteiger partial charge in [-0.1, -0.05) is 12.1 Å². The van der Waals surface area contributed by atoms with Crippen molar-refractivity contribution in [3.63, 3.8) is 0 Å². The lowest BCUT2D eigenvalue weighted by Crippen LogP contribution is -2.18. The molecule has 0 spiro atoms. The van der Waals surface area contributed by atoms with Crippen molar-refractivity contribution in [2.45, 2.75) is 13.8 Å². The van der Waals surface area contributed by atoms with Gasteiger partial charge in [-0.3, -0.25) is 4.79 Å². The Hall–Kier alpha value is -1.84. The lowest BCUT2D eigenvalue weighted by Gasteiger charge is -2.16. The third-order valence-electron chi connectivity index (χ3n) is 2.41. The summed E-state index contributed by atoms with van der Waals surface area (Å²) in [5.41, 5.74) is 2.33. The van der Waals surface area contributed by atoms with E-state index in [9.17, 15) is 9.59 Å². The van der Waals surface area contributed by atoms with Crippen LogP contribution in [0.25, 0.3) is 0 Å². The summed E-state index contributed by atoms with van der Waals surface area (Å²) in [7, 11) is 3.78. The number of esters is 1. The fourth-order valence-electron chi connectivity index (χ4n) is 1.55. The van der Waals surface area contributed by atoms with Gasteiger partial charge in [0.15, 0.2) is 0 Å². The van der Waals surface area contributed by atoms with Gasteiger partial charge in [0.2, 0.25) is 0 Å². The Bertz CT molecular complexity index is 438. The number of benzene rings is 1. The average molecular weight is 235 g/mol. The Labute approximate surface area is 101 Å². The Morgan fingerprint density at radius 2 is 1.94 bits per heavy atom. The van der Waals surface area contributed by atoms with Crippen molar-refractivity contribution in [3.05, 3.63) is 29.3 Å². The molecule has 0 amide bonds. The minimum absolute atomic E-state index is 0.205. The van der Waals surface area contributed by atoms with Crippen molar-refractivity contribution in [2.24, 2.45) is 0 Å². The third-order valence-corrected chi connectivity index (χ3v) is 2.41. The van der Waals surface area contributed by atoms with E-state index in [1.165, 1.54) is 0 Å². The molecular formula is C13H17NO3. The fraction of sp³-hybridized carbons (Fsp3) is 0.385. The van der Waals surface area contributed by atoms with Crippen LogP contribution in [-0.2, 0) is 9.53 Å². The highest BCUT2D eigenvalue weighted by molar-refractivity contribution is 6.40. The Morgan fingerprint density at radius 1 is 1.29 bits per heavy atom. The molecule has 4 heteroatoms. The van der Waals surface area contributed by atoms with E-state index in [0.29, 0.717) is 5.56 Å². The van der Waals surface area contributed by atoms with Gasteiger partial charge in [0.1, 0.15) is 0 Å². The summed E-state index contributed by atoms with van der Waals surface area (Å²) < 4.78 is 4.69. The largest absolute Gasteiger partial charge is 0.460 e. The molecule has 0 aliphatic heterocycles. The molecule has 0 aliphatic rings. The van der Waals surface area contributed by atoms with Crippen molar-refractivity contribution < 1.29 is 14.3 Å². The molecule has 1 aromatic carbocycles. The molecule has 0 atom stereocenters. The summed E-state index contributed by atoms with van der Waals surface area (Å²) in [5.74, 6) is -1.41. The predicted molar refractivity (Wildman–Crippen MR) is 66.5 cm³/mol. The number of Topliss-reactive ketones (excluding diaryl/α,β-unsaturated/α-hetero) is 1. The van der Waals surface area contributed by atoms with Gasteiger partial charge in [0, 0.05) is 25.3 Å².